The summed E-state index contributed by atoms with van der Waals surface area (Å²) in [4.78, 5) is 19.7. The first-order valence-corrected chi connectivity index (χ1v) is 8.48. The van der Waals surface area contributed by atoms with Crippen LogP contribution < -0.4 is 5.73 Å². The van der Waals surface area contributed by atoms with E-state index in [0.717, 1.165) is 29.3 Å². The van der Waals surface area contributed by atoms with Crippen LogP contribution >= 0.6 is 11.3 Å². The van der Waals surface area contributed by atoms with E-state index in [0.29, 0.717) is 12.5 Å². The number of amides is 1. The summed E-state index contributed by atoms with van der Waals surface area (Å²) in [6.45, 7) is 3.51. The van der Waals surface area contributed by atoms with Gasteiger partial charge in [0.15, 0.2) is 0 Å². The van der Waals surface area contributed by atoms with Gasteiger partial charge in [0.2, 0.25) is 0 Å². The lowest BCUT2D eigenvalue weighted by molar-refractivity contribution is 0.0748. The molecule has 1 aliphatic heterocycles. The van der Waals surface area contributed by atoms with E-state index in [1.165, 1.54) is 16.9 Å². The van der Waals surface area contributed by atoms with Crippen LogP contribution in [0.3, 0.4) is 0 Å². The van der Waals surface area contributed by atoms with Crippen LogP contribution in [0.2, 0.25) is 0 Å². The van der Waals surface area contributed by atoms with Crippen molar-refractivity contribution in [3.05, 3.63) is 52.0 Å². The predicted octanol–water partition coefficient (Wildman–Crippen LogP) is 2.54. The normalized spacial score (nSPS) is 21.3. The lowest BCUT2D eigenvalue weighted by atomic mass is 10.1. The third-order valence-electron chi connectivity index (χ3n) is 4.22. The van der Waals surface area contributed by atoms with Gasteiger partial charge in [-0.05, 0) is 31.4 Å². The van der Waals surface area contributed by atoms with Crippen LogP contribution in [0, 0.1) is 5.92 Å². The Kier molecular flexibility index (Phi) is 4.55. The van der Waals surface area contributed by atoms with Gasteiger partial charge < -0.3 is 10.6 Å². The van der Waals surface area contributed by atoms with Crippen LogP contribution in [0.15, 0.2) is 36.5 Å². The highest BCUT2D eigenvalue weighted by Gasteiger charge is 2.32. The topological polar surface area (TPSA) is 59.2 Å². The third-order valence-corrected chi connectivity index (χ3v) is 5.20. The maximum atomic E-state index is 12.6. The number of hydrogen-bond donors (Lipinski definition) is 1. The fraction of sp³-hybridized carbons (Fsp3) is 0.412. The number of nitrogens with two attached hydrogens (primary N) is 1. The van der Waals surface area contributed by atoms with E-state index < -0.39 is 0 Å². The molecule has 2 unspecified atom stereocenters. The van der Waals surface area contributed by atoms with E-state index in [1.807, 2.05) is 23.1 Å². The number of aromatic nitrogens is 1. The number of nitrogens with zero attached hydrogens (tertiary/aromatic N) is 2. The van der Waals surface area contributed by atoms with Gasteiger partial charge in [-0.15, -0.1) is 11.3 Å². The second-order valence-electron chi connectivity index (χ2n) is 5.92. The van der Waals surface area contributed by atoms with Gasteiger partial charge in [0, 0.05) is 19.0 Å². The number of carbonyl (C=O) groups excluding carboxylic acids is 1. The van der Waals surface area contributed by atoms with Crippen molar-refractivity contribution in [2.75, 3.05) is 13.1 Å². The van der Waals surface area contributed by atoms with Crippen molar-refractivity contribution in [1.82, 2.24) is 9.88 Å². The van der Waals surface area contributed by atoms with E-state index in [-0.39, 0.29) is 11.9 Å². The smallest absolute Gasteiger partial charge is 0.265 e. The highest BCUT2D eigenvalue weighted by Crippen LogP contribution is 2.26. The van der Waals surface area contributed by atoms with Crippen LogP contribution in [0.1, 0.15) is 33.6 Å². The molecular weight excluding hydrogens is 294 g/mol. The second kappa shape index (κ2) is 6.58. The number of rotatable bonds is 4. The predicted molar refractivity (Wildman–Crippen MR) is 89.0 cm³/mol. The minimum absolute atomic E-state index is 0.0975. The van der Waals surface area contributed by atoms with E-state index in [2.05, 4.69) is 24.0 Å². The average molecular weight is 315 g/mol. The molecule has 0 radical (unpaired) electrons. The van der Waals surface area contributed by atoms with E-state index in [9.17, 15) is 4.79 Å². The van der Waals surface area contributed by atoms with Crippen LogP contribution in [0.25, 0.3) is 0 Å². The van der Waals surface area contributed by atoms with Crippen molar-refractivity contribution >= 4 is 17.2 Å². The van der Waals surface area contributed by atoms with Crippen LogP contribution in [0.4, 0.5) is 0 Å². The van der Waals surface area contributed by atoms with Gasteiger partial charge in [-0.2, -0.15) is 0 Å². The summed E-state index contributed by atoms with van der Waals surface area (Å²) in [5.74, 6) is 0.524. The molecule has 116 valence electrons. The molecule has 2 aromatic rings. The van der Waals surface area contributed by atoms with E-state index in [4.69, 9.17) is 5.73 Å². The maximum Gasteiger partial charge on any atom is 0.265 e. The van der Waals surface area contributed by atoms with Crippen molar-refractivity contribution < 1.29 is 4.79 Å². The largest absolute Gasteiger partial charge is 0.335 e. The Morgan fingerprint density at radius 2 is 2.18 bits per heavy atom. The molecule has 2 atom stereocenters. The number of likely N-dealkylation sites (tertiary alicyclic amines) is 1. The molecule has 0 spiro atoms. The Morgan fingerprint density at radius 3 is 2.86 bits per heavy atom. The fourth-order valence-electron chi connectivity index (χ4n) is 3.00. The second-order valence-corrected chi connectivity index (χ2v) is 7.04. The molecular formula is C17H21N3OS. The van der Waals surface area contributed by atoms with Crippen molar-refractivity contribution in [3.8, 4) is 0 Å². The summed E-state index contributed by atoms with van der Waals surface area (Å²) in [6.07, 6.45) is 3.49. The number of hydrogen-bond acceptors (Lipinski definition) is 4. The summed E-state index contributed by atoms with van der Waals surface area (Å²) < 4.78 is 0. The molecule has 5 heteroatoms. The summed E-state index contributed by atoms with van der Waals surface area (Å²) in [5.41, 5.74) is 6.96. The van der Waals surface area contributed by atoms with Crippen molar-refractivity contribution in [1.29, 1.82) is 0 Å². The molecule has 1 amide bonds. The molecule has 22 heavy (non-hydrogen) atoms. The van der Waals surface area contributed by atoms with Gasteiger partial charge in [0.25, 0.3) is 5.91 Å². The maximum absolute atomic E-state index is 12.6. The Morgan fingerprint density at radius 1 is 1.41 bits per heavy atom. The lowest BCUT2D eigenvalue weighted by Crippen LogP contribution is -2.33. The summed E-state index contributed by atoms with van der Waals surface area (Å²) in [5, 5.41) is 0.983. The molecule has 0 aliphatic carbocycles. The van der Waals surface area contributed by atoms with E-state index in [1.54, 1.807) is 6.20 Å². The molecule has 1 aromatic carbocycles. The van der Waals surface area contributed by atoms with Crippen LogP contribution in [0.5, 0.6) is 0 Å². The standard InChI is InChI=1S/C17H21N3OS/c1-12-7-14(9-18)11-20(12)17(21)15-10-19-16(22-15)8-13-5-3-2-4-6-13/h2-6,10,12,14H,7-9,11,18H2,1H3. The lowest BCUT2D eigenvalue weighted by Gasteiger charge is -2.20. The number of carbonyl (C=O) groups is 1. The molecule has 1 aliphatic rings. The first-order chi connectivity index (χ1) is 10.7. The minimum atomic E-state index is 0.0975. The fourth-order valence-corrected chi connectivity index (χ4v) is 3.91. The Labute approximate surface area is 135 Å². The first-order valence-electron chi connectivity index (χ1n) is 7.67. The zero-order chi connectivity index (χ0) is 15.5. The number of benzene rings is 1. The molecule has 0 bridgehead atoms. The molecule has 2 heterocycles. The highest BCUT2D eigenvalue weighted by atomic mass is 32.1. The third kappa shape index (κ3) is 3.20. The zero-order valence-electron chi connectivity index (χ0n) is 12.7. The van der Waals surface area contributed by atoms with Crippen molar-refractivity contribution in [2.45, 2.75) is 25.8 Å². The first kappa shape index (κ1) is 15.2. The van der Waals surface area contributed by atoms with Gasteiger partial charge in [0.05, 0.1) is 11.2 Å². The van der Waals surface area contributed by atoms with Crippen LogP contribution in [-0.4, -0.2) is 34.9 Å². The Bertz CT molecular complexity index is 640. The molecule has 1 saturated heterocycles. The van der Waals surface area contributed by atoms with E-state index >= 15 is 0 Å². The van der Waals surface area contributed by atoms with Gasteiger partial charge in [-0.1, -0.05) is 30.3 Å². The SMILES string of the molecule is CC1CC(CN)CN1C(=O)c1cnc(Cc2ccccc2)s1. The van der Waals surface area contributed by atoms with Crippen LogP contribution in [-0.2, 0) is 6.42 Å². The molecule has 1 fully saturated rings. The van der Waals surface area contributed by atoms with Gasteiger partial charge in [-0.3, -0.25) is 4.79 Å². The summed E-state index contributed by atoms with van der Waals surface area (Å²) >= 11 is 1.50. The summed E-state index contributed by atoms with van der Waals surface area (Å²) in [6, 6.07) is 10.5. The quantitative estimate of drug-likeness (QED) is 0.943. The van der Waals surface area contributed by atoms with Crippen molar-refractivity contribution in [3.63, 3.8) is 0 Å². The Hall–Kier alpha value is -1.72. The minimum Gasteiger partial charge on any atom is -0.335 e. The number of thiazole rings is 1. The molecule has 3 rings (SSSR count). The molecule has 4 nitrogen and oxygen atoms in total. The highest BCUT2D eigenvalue weighted by molar-refractivity contribution is 7.13. The monoisotopic (exact) mass is 315 g/mol. The van der Waals surface area contributed by atoms with Gasteiger partial charge >= 0.3 is 0 Å². The van der Waals surface area contributed by atoms with Gasteiger partial charge in [-0.25, -0.2) is 4.98 Å². The average Bonchev–Trinajstić information content (AvgIpc) is 3.14. The zero-order valence-corrected chi connectivity index (χ0v) is 13.6. The Balaban J connectivity index is 1.69. The molecule has 2 N–H and O–H groups in total. The summed E-state index contributed by atoms with van der Waals surface area (Å²) in [7, 11) is 0. The molecule has 1 aromatic heterocycles. The molecule has 0 saturated carbocycles. The van der Waals surface area contributed by atoms with Crippen molar-refractivity contribution in [2.24, 2.45) is 11.7 Å². The van der Waals surface area contributed by atoms with Gasteiger partial charge in [0.1, 0.15) is 4.88 Å².